The monoisotopic (exact) mass is 285 g/mol. The molecule has 0 saturated carbocycles. The Balaban J connectivity index is 2.20. The van der Waals surface area contributed by atoms with E-state index in [1.54, 1.807) is 4.90 Å². The summed E-state index contributed by atoms with van der Waals surface area (Å²) in [6, 6.07) is 9.92. The van der Waals surface area contributed by atoms with E-state index in [1.165, 1.54) is 0 Å². The molecule has 1 aliphatic rings. The van der Waals surface area contributed by atoms with Crippen LogP contribution in [0.3, 0.4) is 0 Å². The molecular weight excluding hydrogens is 263 g/mol. The first kappa shape index (κ1) is 15.4. The van der Waals surface area contributed by atoms with Crippen LogP contribution in [0.1, 0.15) is 32.3 Å². The zero-order chi connectivity index (χ0) is 15.0. The predicted octanol–water partition coefficient (Wildman–Crippen LogP) is 4.31. The molecule has 4 heteroatoms. The number of alkyl halides is 3. The highest BCUT2D eigenvalue weighted by Crippen LogP contribution is 2.43. The summed E-state index contributed by atoms with van der Waals surface area (Å²) in [7, 11) is 0. The van der Waals surface area contributed by atoms with Crippen LogP contribution in [-0.4, -0.2) is 30.7 Å². The Morgan fingerprint density at radius 3 is 2.15 bits per heavy atom. The van der Waals surface area contributed by atoms with E-state index in [4.69, 9.17) is 0 Å². The number of nitrogens with zero attached hydrogens (tertiary/aromatic N) is 1. The summed E-state index contributed by atoms with van der Waals surface area (Å²) in [4.78, 5) is 1.55. The molecule has 1 aromatic carbocycles. The highest BCUT2D eigenvalue weighted by molar-refractivity contribution is 5.23. The number of halogens is 3. The molecule has 0 aliphatic carbocycles. The van der Waals surface area contributed by atoms with Gasteiger partial charge in [-0.25, -0.2) is 0 Å². The Hall–Kier alpha value is -1.03. The zero-order valence-electron chi connectivity index (χ0n) is 12.2. The SMILES string of the molecule is CC(C)(C)C1CN(CC(F)(F)F)C[C@H]1c1ccccc1. The smallest absolute Gasteiger partial charge is 0.294 e. The van der Waals surface area contributed by atoms with E-state index in [0.29, 0.717) is 13.1 Å². The fourth-order valence-corrected chi connectivity index (χ4v) is 3.18. The molecule has 1 unspecified atom stereocenters. The molecule has 0 spiro atoms. The van der Waals surface area contributed by atoms with Crippen molar-refractivity contribution in [2.75, 3.05) is 19.6 Å². The van der Waals surface area contributed by atoms with Crippen molar-refractivity contribution in [2.45, 2.75) is 32.9 Å². The maximum atomic E-state index is 12.6. The highest BCUT2D eigenvalue weighted by Gasteiger charge is 2.43. The second-order valence-electron chi connectivity index (χ2n) is 6.80. The quantitative estimate of drug-likeness (QED) is 0.782. The lowest BCUT2D eigenvalue weighted by atomic mass is 9.73. The van der Waals surface area contributed by atoms with Crippen molar-refractivity contribution >= 4 is 0 Å². The third kappa shape index (κ3) is 3.75. The second-order valence-corrected chi connectivity index (χ2v) is 6.80. The summed E-state index contributed by atoms with van der Waals surface area (Å²) < 4.78 is 37.9. The topological polar surface area (TPSA) is 3.24 Å². The predicted molar refractivity (Wildman–Crippen MR) is 74.6 cm³/mol. The molecule has 0 N–H and O–H groups in total. The molecule has 2 atom stereocenters. The third-order valence-corrected chi connectivity index (χ3v) is 4.14. The van der Waals surface area contributed by atoms with E-state index in [0.717, 1.165) is 5.56 Å². The lowest BCUT2D eigenvalue weighted by Gasteiger charge is -2.32. The van der Waals surface area contributed by atoms with Gasteiger partial charge in [-0.1, -0.05) is 51.1 Å². The van der Waals surface area contributed by atoms with E-state index in [9.17, 15) is 13.2 Å². The molecule has 1 saturated heterocycles. The van der Waals surface area contributed by atoms with Gasteiger partial charge in [-0.3, -0.25) is 4.90 Å². The zero-order valence-corrected chi connectivity index (χ0v) is 12.2. The number of hydrogen-bond donors (Lipinski definition) is 0. The van der Waals surface area contributed by atoms with Gasteiger partial charge in [0.2, 0.25) is 0 Å². The minimum atomic E-state index is -4.12. The largest absolute Gasteiger partial charge is 0.401 e. The van der Waals surface area contributed by atoms with E-state index < -0.39 is 12.7 Å². The molecule has 1 fully saturated rings. The van der Waals surface area contributed by atoms with Crippen molar-refractivity contribution in [3.63, 3.8) is 0 Å². The van der Waals surface area contributed by atoms with E-state index in [1.807, 2.05) is 30.3 Å². The van der Waals surface area contributed by atoms with Crippen LogP contribution in [0, 0.1) is 11.3 Å². The minimum Gasteiger partial charge on any atom is -0.294 e. The van der Waals surface area contributed by atoms with Crippen molar-refractivity contribution in [1.29, 1.82) is 0 Å². The summed E-state index contributed by atoms with van der Waals surface area (Å²) >= 11 is 0. The van der Waals surface area contributed by atoms with Crippen molar-refractivity contribution in [1.82, 2.24) is 4.90 Å². The van der Waals surface area contributed by atoms with Gasteiger partial charge < -0.3 is 0 Å². The Morgan fingerprint density at radius 2 is 1.65 bits per heavy atom. The fraction of sp³-hybridized carbons (Fsp3) is 0.625. The van der Waals surface area contributed by atoms with Gasteiger partial charge in [-0.2, -0.15) is 13.2 Å². The first-order valence-corrected chi connectivity index (χ1v) is 7.01. The summed E-state index contributed by atoms with van der Waals surface area (Å²) in [6.45, 7) is 6.55. The average molecular weight is 285 g/mol. The van der Waals surface area contributed by atoms with Crippen LogP contribution in [0.2, 0.25) is 0 Å². The molecule has 1 aromatic rings. The van der Waals surface area contributed by atoms with E-state index >= 15 is 0 Å². The van der Waals surface area contributed by atoms with Gasteiger partial charge in [0.1, 0.15) is 0 Å². The Bertz CT molecular complexity index is 433. The first-order chi connectivity index (χ1) is 9.17. The van der Waals surface area contributed by atoms with Gasteiger partial charge in [-0.05, 0) is 16.9 Å². The molecule has 112 valence electrons. The summed E-state index contributed by atoms with van der Waals surface area (Å²) in [5, 5.41) is 0. The second kappa shape index (κ2) is 5.40. The highest BCUT2D eigenvalue weighted by atomic mass is 19.4. The molecule has 1 heterocycles. The molecule has 0 amide bonds. The Kier molecular flexibility index (Phi) is 4.14. The van der Waals surface area contributed by atoms with Gasteiger partial charge in [-0.15, -0.1) is 0 Å². The van der Waals surface area contributed by atoms with Gasteiger partial charge in [0.15, 0.2) is 0 Å². The standard InChI is InChI=1S/C16H22F3N/c1-15(2,3)14-10-20(11-16(17,18)19)9-13(14)12-7-5-4-6-8-12/h4-8,13-14H,9-11H2,1-3H3/t13-,14?/m0/s1. The average Bonchev–Trinajstić information content (AvgIpc) is 2.71. The number of rotatable bonds is 2. The lowest BCUT2D eigenvalue weighted by Crippen LogP contribution is -2.33. The Morgan fingerprint density at radius 1 is 1.05 bits per heavy atom. The van der Waals surface area contributed by atoms with Gasteiger partial charge in [0.25, 0.3) is 0 Å². The van der Waals surface area contributed by atoms with Crippen LogP contribution in [0.15, 0.2) is 30.3 Å². The maximum absolute atomic E-state index is 12.6. The van der Waals surface area contributed by atoms with Crippen molar-refractivity contribution in [2.24, 2.45) is 11.3 Å². The molecule has 1 nitrogen and oxygen atoms in total. The molecule has 0 radical (unpaired) electrons. The van der Waals surface area contributed by atoms with Crippen molar-refractivity contribution in [3.05, 3.63) is 35.9 Å². The Labute approximate surface area is 118 Å². The van der Waals surface area contributed by atoms with Gasteiger partial charge in [0, 0.05) is 19.0 Å². The van der Waals surface area contributed by atoms with Crippen LogP contribution < -0.4 is 0 Å². The van der Waals surface area contributed by atoms with E-state index in [2.05, 4.69) is 20.8 Å². The van der Waals surface area contributed by atoms with Crippen LogP contribution in [0.25, 0.3) is 0 Å². The maximum Gasteiger partial charge on any atom is 0.401 e. The van der Waals surface area contributed by atoms with Crippen molar-refractivity contribution < 1.29 is 13.2 Å². The molecule has 0 bridgehead atoms. The first-order valence-electron chi connectivity index (χ1n) is 7.01. The number of benzene rings is 1. The molecule has 0 aromatic heterocycles. The minimum absolute atomic E-state index is 0.000850. The van der Waals surface area contributed by atoms with Gasteiger partial charge >= 0.3 is 6.18 Å². The van der Waals surface area contributed by atoms with Crippen LogP contribution in [0.4, 0.5) is 13.2 Å². The normalized spacial score (nSPS) is 25.1. The summed E-state index contributed by atoms with van der Waals surface area (Å²) in [5.74, 6) is 0.422. The van der Waals surface area contributed by atoms with Gasteiger partial charge in [0.05, 0.1) is 6.54 Å². The summed E-state index contributed by atoms with van der Waals surface area (Å²) in [6.07, 6.45) is -4.12. The molecular formula is C16H22F3N. The lowest BCUT2D eigenvalue weighted by molar-refractivity contribution is -0.144. The van der Waals surface area contributed by atoms with E-state index in [-0.39, 0.29) is 17.3 Å². The fourth-order valence-electron chi connectivity index (χ4n) is 3.18. The molecule has 20 heavy (non-hydrogen) atoms. The van der Waals surface area contributed by atoms with Crippen molar-refractivity contribution in [3.8, 4) is 0 Å². The van der Waals surface area contributed by atoms with Crippen LogP contribution in [-0.2, 0) is 0 Å². The van der Waals surface area contributed by atoms with Crippen LogP contribution >= 0.6 is 0 Å². The summed E-state index contributed by atoms with van der Waals surface area (Å²) in [5.41, 5.74) is 1.15. The number of hydrogen-bond acceptors (Lipinski definition) is 1. The van der Waals surface area contributed by atoms with Crippen LogP contribution in [0.5, 0.6) is 0 Å². The number of likely N-dealkylation sites (tertiary alicyclic amines) is 1. The molecule has 1 aliphatic heterocycles. The molecule has 2 rings (SSSR count). The third-order valence-electron chi connectivity index (χ3n) is 4.14.